The third kappa shape index (κ3) is 5.14. The van der Waals surface area contributed by atoms with Crippen LogP contribution in [-0.4, -0.2) is 69.0 Å². The lowest BCUT2D eigenvalue weighted by atomic mass is 9.96. The van der Waals surface area contributed by atoms with Gasteiger partial charge in [0.15, 0.2) is 5.96 Å². The molecular formula is C20H30FIN4O2. The summed E-state index contributed by atoms with van der Waals surface area (Å²) in [5.74, 6) is 0.582. The molecule has 0 aromatic heterocycles. The van der Waals surface area contributed by atoms with Gasteiger partial charge in [-0.1, -0.05) is 12.1 Å². The van der Waals surface area contributed by atoms with Crippen molar-refractivity contribution >= 4 is 29.9 Å². The third-order valence-corrected chi connectivity index (χ3v) is 5.83. The molecule has 0 radical (unpaired) electrons. The van der Waals surface area contributed by atoms with Crippen molar-refractivity contribution in [2.75, 3.05) is 39.9 Å². The van der Waals surface area contributed by atoms with Crippen molar-refractivity contribution in [3.8, 4) is 0 Å². The average molecular weight is 504 g/mol. The minimum Gasteiger partial charge on any atom is -0.379 e. The first-order chi connectivity index (χ1) is 13.2. The van der Waals surface area contributed by atoms with Crippen LogP contribution in [0, 0.1) is 5.82 Å². The van der Waals surface area contributed by atoms with Gasteiger partial charge in [0.2, 0.25) is 0 Å². The van der Waals surface area contributed by atoms with E-state index in [4.69, 9.17) is 9.47 Å². The highest BCUT2D eigenvalue weighted by Crippen LogP contribution is 2.34. The topological polar surface area (TPSA) is 58.1 Å². The van der Waals surface area contributed by atoms with E-state index in [1.54, 1.807) is 19.2 Å². The number of ether oxygens (including phenoxy) is 2. The van der Waals surface area contributed by atoms with Crippen LogP contribution in [0.3, 0.4) is 0 Å². The van der Waals surface area contributed by atoms with Gasteiger partial charge in [0.05, 0.1) is 37.5 Å². The number of morpholine rings is 1. The lowest BCUT2D eigenvalue weighted by Crippen LogP contribution is -2.50. The van der Waals surface area contributed by atoms with Gasteiger partial charge >= 0.3 is 0 Å². The van der Waals surface area contributed by atoms with Gasteiger partial charge in [0.1, 0.15) is 5.82 Å². The Labute approximate surface area is 183 Å². The molecule has 3 fully saturated rings. The van der Waals surface area contributed by atoms with Crippen molar-refractivity contribution < 1.29 is 13.9 Å². The molecule has 4 unspecified atom stereocenters. The smallest absolute Gasteiger partial charge is 0.191 e. The van der Waals surface area contributed by atoms with Crippen molar-refractivity contribution in [1.82, 2.24) is 15.5 Å². The first kappa shape index (κ1) is 21.7. The number of rotatable bonds is 5. The predicted octanol–water partition coefficient (Wildman–Crippen LogP) is 2.30. The average Bonchev–Trinajstić information content (AvgIpc) is 3.31. The Morgan fingerprint density at radius 2 is 2.14 bits per heavy atom. The van der Waals surface area contributed by atoms with E-state index in [0.29, 0.717) is 38.0 Å². The second kappa shape index (κ2) is 10.2. The minimum absolute atomic E-state index is 0. The van der Waals surface area contributed by atoms with E-state index in [9.17, 15) is 4.39 Å². The molecular weight excluding hydrogens is 474 g/mol. The summed E-state index contributed by atoms with van der Waals surface area (Å²) in [6.07, 6.45) is 4.04. The SMILES string of the molecule is CN=C(NCC(c1cccc(F)c1)N1CCOCC1)NC1CC2CCC1O2.I. The van der Waals surface area contributed by atoms with Crippen molar-refractivity contribution in [3.05, 3.63) is 35.6 Å². The van der Waals surface area contributed by atoms with E-state index in [2.05, 4.69) is 20.5 Å². The van der Waals surface area contributed by atoms with E-state index >= 15 is 0 Å². The second-order valence-electron chi connectivity index (χ2n) is 7.53. The Bertz CT molecular complexity index is 671. The number of halogens is 2. The number of aliphatic imine (C=N–C) groups is 1. The molecule has 4 atom stereocenters. The number of nitrogens with zero attached hydrogens (tertiary/aromatic N) is 2. The number of benzene rings is 1. The molecule has 156 valence electrons. The molecule has 3 aliphatic heterocycles. The number of nitrogens with one attached hydrogen (secondary N) is 2. The van der Waals surface area contributed by atoms with Crippen molar-refractivity contribution in [2.45, 2.75) is 43.6 Å². The van der Waals surface area contributed by atoms with Crippen LogP contribution in [0.4, 0.5) is 4.39 Å². The fourth-order valence-electron chi connectivity index (χ4n) is 4.41. The summed E-state index contributed by atoms with van der Waals surface area (Å²) in [4.78, 5) is 6.73. The van der Waals surface area contributed by atoms with Gasteiger partial charge in [-0.2, -0.15) is 0 Å². The molecule has 3 saturated heterocycles. The maximum Gasteiger partial charge on any atom is 0.191 e. The van der Waals surface area contributed by atoms with Gasteiger partial charge in [-0.05, 0) is 37.0 Å². The standard InChI is InChI=1S/C20H29FN4O2.HI/c1-22-20(24-17-12-16-5-6-19(17)27-16)23-13-18(25-7-9-26-10-8-25)14-3-2-4-15(21)11-14;/h2-4,11,16-19H,5-10,12-13H2,1H3,(H2,22,23,24);1H. The number of hydrogen-bond acceptors (Lipinski definition) is 4. The summed E-state index contributed by atoms with van der Waals surface area (Å²) in [5, 5.41) is 6.96. The van der Waals surface area contributed by atoms with E-state index < -0.39 is 0 Å². The monoisotopic (exact) mass is 504 g/mol. The summed E-state index contributed by atoms with van der Waals surface area (Å²) >= 11 is 0. The molecule has 0 amide bonds. The Balaban J connectivity index is 0.00000225. The molecule has 2 bridgehead atoms. The van der Waals surface area contributed by atoms with Crippen LogP contribution in [0.15, 0.2) is 29.3 Å². The molecule has 0 aliphatic carbocycles. The van der Waals surface area contributed by atoms with Crippen LogP contribution in [0.1, 0.15) is 30.9 Å². The molecule has 4 rings (SSSR count). The summed E-state index contributed by atoms with van der Waals surface area (Å²) in [6.45, 7) is 3.76. The maximum atomic E-state index is 13.8. The number of fused-ring (bicyclic) bond motifs is 2. The summed E-state index contributed by atoms with van der Waals surface area (Å²) in [7, 11) is 1.79. The van der Waals surface area contributed by atoms with Crippen LogP contribution < -0.4 is 10.6 Å². The highest BCUT2D eigenvalue weighted by Gasteiger charge is 2.41. The van der Waals surface area contributed by atoms with Crippen molar-refractivity contribution in [3.63, 3.8) is 0 Å². The molecule has 2 N–H and O–H groups in total. The van der Waals surface area contributed by atoms with E-state index in [-0.39, 0.29) is 35.8 Å². The fraction of sp³-hybridized carbons (Fsp3) is 0.650. The van der Waals surface area contributed by atoms with E-state index in [1.165, 1.54) is 12.5 Å². The van der Waals surface area contributed by atoms with Gasteiger partial charge in [0.25, 0.3) is 0 Å². The van der Waals surface area contributed by atoms with Crippen molar-refractivity contribution in [2.24, 2.45) is 4.99 Å². The number of hydrogen-bond donors (Lipinski definition) is 2. The summed E-state index contributed by atoms with van der Waals surface area (Å²) in [5.41, 5.74) is 0.975. The van der Waals surface area contributed by atoms with Crippen molar-refractivity contribution in [1.29, 1.82) is 0 Å². The Morgan fingerprint density at radius 3 is 2.79 bits per heavy atom. The zero-order valence-electron chi connectivity index (χ0n) is 16.3. The molecule has 1 aromatic carbocycles. The van der Waals surface area contributed by atoms with Crippen LogP contribution in [0.2, 0.25) is 0 Å². The summed E-state index contributed by atoms with van der Waals surface area (Å²) in [6, 6.07) is 7.28. The van der Waals surface area contributed by atoms with E-state index in [0.717, 1.165) is 37.5 Å². The quantitative estimate of drug-likeness (QED) is 0.366. The lowest BCUT2D eigenvalue weighted by molar-refractivity contribution is 0.0169. The molecule has 0 saturated carbocycles. The van der Waals surface area contributed by atoms with Crippen LogP contribution in [-0.2, 0) is 9.47 Å². The zero-order chi connectivity index (χ0) is 18.6. The highest BCUT2D eigenvalue weighted by atomic mass is 127. The molecule has 3 heterocycles. The Kier molecular flexibility index (Phi) is 7.90. The highest BCUT2D eigenvalue weighted by molar-refractivity contribution is 14.0. The molecule has 8 heteroatoms. The van der Waals surface area contributed by atoms with Gasteiger partial charge in [-0.25, -0.2) is 4.39 Å². The largest absolute Gasteiger partial charge is 0.379 e. The lowest BCUT2D eigenvalue weighted by Gasteiger charge is -2.35. The predicted molar refractivity (Wildman–Crippen MR) is 118 cm³/mol. The minimum atomic E-state index is -0.201. The van der Waals surface area contributed by atoms with Gasteiger partial charge in [0, 0.05) is 26.7 Å². The first-order valence-corrected chi connectivity index (χ1v) is 9.93. The van der Waals surface area contributed by atoms with Gasteiger partial charge in [-0.15, -0.1) is 24.0 Å². The summed E-state index contributed by atoms with van der Waals surface area (Å²) < 4.78 is 25.2. The number of guanidine groups is 1. The molecule has 1 aromatic rings. The molecule has 6 nitrogen and oxygen atoms in total. The zero-order valence-corrected chi connectivity index (χ0v) is 18.6. The molecule has 3 aliphatic rings. The van der Waals surface area contributed by atoms with Crippen LogP contribution in [0.25, 0.3) is 0 Å². The maximum absolute atomic E-state index is 13.8. The molecule has 0 spiro atoms. The Hall–Kier alpha value is -0.970. The normalized spacial score (nSPS) is 28.6. The fourth-order valence-corrected chi connectivity index (χ4v) is 4.41. The second-order valence-corrected chi connectivity index (χ2v) is 7.53. The van der Waals surface area contributed by atoms with Crippen LogP contribution in [0.5, 0.6) is 0 Å². The Morgan fingerprint density at radius 1 is 1.32 bits per heavy atom. The third-order valence-electron chi connectivity index (χ3n) is 5.83. The van der Waals surface area contributed by atoms with Crippen LogP contribution >= 0.6 is 24.0 Å². The van der Waals surface area contributed by atoms with Gasteiger partial charge in [-0.3, -0.25) is 9.89 Å². The van der Waals surface area contributed by atoms with Gasteiger partial charge < -0.3 is 20.1 Å². The molecule has 28 heavy (non-hydrogen) atoms. The van der Waals surface area contributed by atoms with E-state index in [1.807, 2.05) is 6.07 Å². The first-order valence-electron chi connectivity index (χ1n) is 9.93.